The molecule has 0 spiro atoms. The van der Waals surface area contributed by atoms with E-state index in [1.54, 1.807) is 0 Å². The van der Waals surface area contributed by atoms with Gasteiger partial charge < -0.3 is 0 Å². The Morgan fingerprint density at radius 3 is 2.71 bits per heavy atom. The van der Waals surface area contributed by atoms with Crippen molar-refractivity contribution in [2.24, 2.45) is 0 Å². The van der Waals surface area contributed by atoms with E-state index in [0.717, 1.165) is 5.69 Å². The molecule has 0 atom stereocenters. The fraction of sp³-hybridized carbons (Fsp3) is 0.250. The van der Waals surface area contributed by atoms with E-state index >= 15 is 0 Å². The van der Waals surface area contributed by atoms with Crippen LogP contribution >= 0.6 is 11.3 Å². The van der Waals surface area contributed by atoms with Crippen molar-refractivity contribution in [1.82, 2.24) is 4.98 Å². The third-order valence-corrected chi connectivity index (χ3v) is 1.16. The molecule has 7 heavy (non-hydrogen) atoms. The molecule has 33 valence electrons. The van der Waals surface area contributed by atoms with Gasteiger partial charge in [-0.2, -0.15) is 0 Å². The van der Waals surface area contributed by atoms with Crippen molar-refractivity contribution in [2.45, 2.75) is 6.92 Å². The van der Waals surface area contributed by atoms with E-state index in [0.29, 0.717) is 0 Å². The van der Waals surface area contributed by atoms with Crippen LogP contribution in [0.1, 0.15) is 5.69 Å². The molecule has 0 aromatic carbocycles. The minimum absolute atomic E-state index is 0. The van der Waals surface area contributed by atoms with Crippen molar-refractivity contribution in [3.63, 3.8) is 0 Å². The second-order valence-electron chi connectivity index (χ2n) is 1.08. The summed E-state index contributed by atoms with van der Waals surface area (Å²) >= 11 is 1.50. The molecule has 0 saturated carbocycles. The summed E-state index contributed by atoms with van der Waals surface area (Å²) in [5.74, 6) is 0. The Morgan fingerprint density at radius 2 is 2.57 bits per heavy atom. The zero-order chi connectivity index (χ0) is 4.41. The summed E-state index contributed by atoms with van der Waals surface area (Å²) < 4.78 is 0. The maximum absolute atomic E-state index is 3.81. The Kier molecular flexibility index (Phi) is 3.36. The Bertz CT molecular complexity index is 115. The molecule has 0 aliphatic rings. The van der Waals surface area contributed by atoms with Crippen molar-refractivity contribution < 1.29 is 0 Å². The number of rotatable bonds is 0. The van der Waals surface area contributed by atoms with E-state index in [1.165, 1.54) is 11.3 Å². The standard InChI is InChI=1S/C4H4NS.Li.H/c1-4-2-6-3-5-4;;/h2H,1H3;;. The molecule has 0 aliphatic carbocycles. The van der Waals surface area contributed by atoms with E-state index in [4.69, 9.17) is 0 Å². The third-order valence-electron chi connectivity index (χ3n) is 0.504. The maximum atomic E-state index is 3.81. The van der Waals surface area contributed by atoms with Gasteiger partial charge >= 0.3 is 18.9 Å². The predicted molar refractivity (Wildman–Crippen MR) is 32.8 cm³/mol. The number of nitrogens with zero attached hydrogens (tertiary/aromatic N) is 1. The van der Waals surface area contributed by atoms with Crippen LogP contribution in [-0.4, -0.2) is 23.8 Å². The van der Waals surface area contributed by atoms with Gasteiger partial charge in [0.1, 0.15) is 0 Å². The van der Waals surface area contributed by atoms with E-state index in [1.807, 2.05) is 12.3 Å². The van der Waals surface area contributed by atoms with Crippen LogP contribution in [0, 0.1) is 12.4 Å². The van der Waals surface area contributed by atoms with Crippen molar-refractivity contribution in [3.05, 3.63) is 16.6 Å². The summed E-state index contributed by atoms with van der Waals surface area (Å²) in [6, 6.07) is 0. The summed E-state index contributed by atoms with van der Waals surface area (Å²) in [5.41, 5.74) is 3.78. The van der Waals surface area contributed by atoms with Gasteiger partial charge in [-0.25, -0.2) is 4.98 Å². The fourth-order valence-electron chi connectivity index (χ4n) is 0.236. The summed E-state index contributed by atoms with van der Waals surface area (Å²) in [7, 11) is 0. The SMILES string of the molecule is Cc1cs[c]n1.[LiH]. The molecular formula is C4H5LiNS. The van der Waals surface area contributed by atoms with Crippen molar-refractivity contribution >= 4 is 30.2 Å². The Morgan fingerprint density at radius 1 is 1.86 bits per heavy atom. The van der Waals surface area contributed by atoms with Crippen LogP contribution in [0.15, 0.2) is 5.38 Å². The first-order chi connectivity index (χ1) is 2.89. The summed E-state index contributed by atoms with van der Waals surface area (Å²) in [4.78, 5) is 3.81. The van der Waals surface area contributed by atoms with Crippen LogP contribution in [0.3, 0.4) is 0 Å². The molecule has 1 heterocycles. The van der Waals surface area contributed by atoms with Gasteiger partial charge in [-0.05, 0) is 6.92 Å². The molecule has 0 saturated heterocycles. The second kappa shape index (κ2) is 3.26. The van der Waals surface area contributed by atoms with Gasteiger partial charge in [0.15, 0.2) is 5.51 Å². The first-order valence-corrected chi connectivity index (χ1v) is 2.56. The van der Waals surface area contributed by atoms with Crippen LogP contribution < -0.4 is 0 Å². The van der Waals surface area contributed by atoms with Gasteiger partial charge in [0, 0.05) is 11.1 Å². The molecule has 1 radical (unpaired) electrons. The number of hydrogen-bond donors (Lipinski definition) is 0. The van der Waals surface area contributed by atoms with E-state index in [9.17, 15) is 0 Å². The van der Waals surface area contributed by atoms with Gasteiger partial charge in [-0.3, -0.25) is 0 Å². The van der Waals surface area contributed by atoms with Crippen molar-refractivity contribution in [3.8, 4) is 0 Å². The predicted octanol–water partition coefficient (Wildman–Crippen LogP) is 0.603. The van der Waals surface area contributed by atoms with Crippen molar-refractivity contribution in [1.29, 1.82) is 0 Å². The van der Waals surface area contributed by atoms with E-state index in [2.05, 4.69) is 10.5 Å². The molecule has 3 heteroatoms. The van der Waals surface area contributed by atoms with E-state index in [-0.39, 0.29) is 18.9 Å². The van der Waals surface area contributed by atoms with E-state index < -0.39 is 0 Å². The zero-order valence-corrected chi connectivity index (χ0v) is 4.25. The monoisotopic (exact) mass is 106 g/mol. The molecule has 0 N–H and O–H groups in total. The van der Waals surface area contributed by atoms with Crippen LogP contribution in [0.5, 0.6) is 0 Å². The quantitative estimate of drug-likeness (QED) is 0.441. The van der Waals surface area contributed by atoms with Gasteiger partial charge in [-0.1, -0.05) is 0 Å². The molecule has 1 aromatic rings. The zero-order valence-electron chi connectivity index (χ0n) is 3.43. The molecule has 0 bridgehead atoms. The molecule has 1 rings (SSSR count). The minimum atomic E-state index is 0. The average Bonchev–Trinajstić information content (AvgIpc) is 1.86. The third kappa shape index (κ3) is 2.13. The van der Waals surface area contributed by atoms with Crippen LogP contribution in [-0.2, 0) is 0 Å². The Labute approximate surface area is 59.0 Å². The first-order valence-electron chi connectivity index (χ1n) is 1.68. The summed E-state index contributed by atoms with van der Waals surface area (Å²) in [6.07, 6.45) is 0. The van der Waals surface area contributed by atoms with Gasteiger partial charge in [0.05, 0.1) is 0 Å². The van der Waals surface area contributed by atoms with Crippen LogP contribution in [0.2, 0.25) is 0 Å². The fourth-order valence-corrected chi connectivity index (χ4v) is 0.709. The molecule has 0 aliphatic heterocycles. The van der Waals surface area contributed by atoms with Crippen LogP contribution in [0.25, 0.3) is 0 Å². The van der Waals surface area contributed by atoms with Gasteiger partial charge in [-0.15, -0.1) is 11.3 Å². The molecule has 0 unspecified atom stereocenters. The van der Waals surface area contributed by atoms with Crippen molar-refractivity contribution in [2.75, 3.05) is 0 Å². The molecule has 0 fully saturated rings. The molecular weight excluding hydrogens is 101 g/mol. The summed E-state index contributed by atoms with van der Waals surface area (Å²) in [5, 5.41) is 1.96. The number of aryl methyl sites for hydroxylation is 1. The van der Waals surface area contributed by atoms with Gasteiger partial charge in [0.2, 0.25) is 0 Å². The van der Waals surface area contributed by atoms with Crippen LogP contribution in [0.4, 0.5) is 0 Å². The van der Waals surface area contributed by atoms with Gasteiger partial charge in [0.25, 0.3) is 0 Å². The second-order valence-corrected chi connectivity index (χ2v) is 1.73. The number of hydrogen-bond acceptors (Lipinski definition) is 2. The first kappa shape index (κ1) is 7.23. The molecule has 1 nitrogen and oxygen atoms in total. The normalized spacial score (nSPS) is 7.57. The number of thiazole rings is 1. The number of aromatic nitrogens is 1. The molecule has 0 amide bonds. The topological polar surface area (TPSA) is 12.9 Å². The molecule has 1 aromatic heterocycles. The Balaban J connectivity index is 0.000000360. The summed E-state index contributed by atoms with van der Waals surface area (Å²) in [6.45, 7) is 1.95. The average molecular weight is 106 g/mol. The Hall–Kier alpha value is 0.227.